The van der Waals surface area contributed by atoms with Gasteiger partial charge >= 0.3 is 0 Å². The summed E-state index contributed by atoms with van der Waals surface area (Å²) < 4.78 is 54.2. The summed E-state index contributed by atoms with van der Waals surface area (Å²) >= 11 is 0. The molecule has 0 bridgehead atoms. The van der Waals surface area contributed by atoms with Gasteiger partial charge < -0.3 is 11.1 Å². The fourth-order valence-electron chi connectivity index (χ4n) is 5.56. The zero-order chi connectivity index (χ0) is 27.6. The highest BCUT2D eigenvalue weighted by atomic mass is 32.2. The van der Waals surface area contributed by atoms with E-state index >= 15 is 0 Å². The molecule has 0 aliphatic heterocycles. The molecule has 1 aliphatic rings. The van der Waals surface area contributed by atoms with Crippen molar-refractivity contribution < 1.29 is 22.0 Å². The van der Waals surface area contributed by atoms with Crippen LogP contribution in [0, 0.1) is 17.6 Å². The van der Waals surface area contributed by atoms with Gasteiger partial charge in [0, 0.05) is 24.1 Å². The molecule has 1 fully saturated rings. The van der Waals surface area contributed by atoms with Crippen LogP contribution in [0.25, 0.3) is 11.3 Å². The van der Waals surface area contributed by atoms with Crippen molar-refractivity contribution in [1.29, 1.82) is 0 Å². The Bertz CT molecular complexity index is 1450. The first-order valence-corrected chi connectivity index (χ1v) is 14.4. The largest absolute Gasteiger partial charge is 0.326 e. The maximum absolute atomic E-state index is 14.7. The SMILES string of the molecule is C[B]c1cccc(F)c1-c1nc(C(=O)Nc2cnccc2[C@@H]2C[C@H](CC)[C@@H](S(C)(=O)=O)[C@H](N)C2)ccc1F. The molecule has 3 aromatic rings. The molecule has 2 heterocycles. The summed E-state index contributed by atoms with van der Waals surface area (Å²) in [7, 11) is -1.68. The van der Waals surface area contributed by atoms with Crippen molar-refractivity contribution >= 4 is 34.2 Å². The van der Waals surface area contributed by atoms with Gasteiger partial charge in [-0.2, -0.15) is 0 Å². The number of pyridine rings is 2. The third kappa shape index (κ3) is 5.63. The van der Waals surface area contributed by atoms with Crippen molar-refractivity contribution in [3.8, 4) is 11.3 Å². The van der Waals surface area contributed by atoms with Crippen LogP contribution in [0.15, 0.2) is 48.8 Å². The van der Waals surface area contributed by atoms with Crippen molar-refractivity contribution in [2.75, 3.05) is 11.6 Å². The third-order valence-corrected chi connectivity index (χ3v) is 8.99. The van der Waals surface area contributed by atoms with E-state index < -0.39 is 38.7 Å². The number of carbonyl (C=O) groups is 1. The van der Waals surface area contributed by atoms with E-state index in [-0.39, 0.29) is 28.8 Å². The number of amides is 1. The zero-order valence-electron chi connectivity index (χ0n) is 21.5. The normalized spacial score (nSPS) is 21.6. The fraction of sp³-hybridized carbons (Fsp3) is 0.370. The Morgan fingerprint density at radius 2 is 1.92 bits per heavy atom. The minimum atomic E-state index is -3.32. The average Bonchev–Trinajstić information content (AvgIpc) is 2.88. The first kappa shape index (κ1) is 27.8. The summed E-state index contributed by atoms with van der Waals surface area (Å²) in [5, 5.41) is 2.19. The lowest BCUT2D eigenvalue weighted by molar-refractivity contribution is 0.102. The van der Waals surface area contributed by atoms with Gasteiger partial charge in [0.15, 0.2) is 9.84 Å². The van der Waals surface area contributed by atoms with Crippen LogP contribution < -0.4 is 16.5 Å². The van der Waals surface area contributed by atoms with E-state index in [4.69, 9.17) is 5.73 Å². The van der Waals surface area contributed by atoms with Crippen LogP contribution in [-0.2, 0) is 9.84 Å². The minimum absolute atomic E-state index is 0.0218. The number of aromatic nitrogens is 2. The van der Waals surface area contributed by atoms with Gasteiger partial charge in [-0.1, -0.05) is 37.8 Å². The summed E-state index contributed by atoms with van der Waals surface area (Å²) in [6, 6.07) is 7.94. The molecule has 3 N–H and O–H groups in total. The van der Waals surface area contributed by atoms with Crippen LogP contribution in [0.4, 0.5) is 14.5 Å². The molecule has 2 aromatic heterocycles. The molecular formula is C27H30BF2N4O3S. The maximum Gasteiger partial charge on any atom is 0.274 e. The maximum atomic E-state index is 14.7. The van der Waals surface area contributed by atoms with Crippen LogP contribution in [-0.4, -0.2) is 49.1 Å². The number of benzene rings is 1. The number of hydrogen-bond donors (Lipinski definition) is 2. The Morgan fingerprint density at radius 1 is 1.16 bits per heavy atom. The standard InChI is InChI=1S/C27H30BF2N4O3S/c1-4-15-12-16(13-21(31)26(15)38(3,36)37)17-10-11-32-14-23(17)34-27(35)22-9-8-20(30)25(33-22)24-18(28-2)6-5-7-19(24)29/h5-11,14-16,21,26H,4,12-13,31H2,1-3H3,(H,34,35)/t15-,16+,21+,26+/m0/s1. The number of nitrogens with zero attached hydrogens (tertiary/aromatic N) is 2. The van der Waals surface area contributed by atoms with Crippen molar-refractivity contribution in [1.82, 2.24) is 9.97 Å². The quantitative estimate of drug-likeness (QED) is 0.443. The highest BCUT2D eigenvalue weighted by molar-refractivity contribution is 7.91. The van der Waals surface area contributed by atoms with Gasteiger partial charge in [-0.25, -0.2) is 22.2 Å². The van der Waals surface area contributed by atoms with E-state index in [0.29, 0.717) is 30.4 Å². The van der Waals surface area contributed by atoms with Crippen LogP contribution >= 0.6 is 0 Å². The summed E-state index contributed by atoms with van der Waals surface area (Å²) in [4.78, 5) is 21.5. The Morgan fingerprint density at radius 3 is 2.61 bits per heavy atom. The molecule has 38 heavy (non-hydrogen) atoms. The smallest absolute Gasteiger partial charge is 0.274 e. The molecule has 1 aromatic carbocycles. The van der Waals surface area contributed by atoms with Crippen LogP contribution in [0.5, 0.6) is 0 Å². The summed E-state index contributed by atoms with van der Waals surface area (Å²) in [5.74, 6) is -2.23. The second kappa shape index (κ2) is 11.3. The third-order valence-electron chi connectivity index (χ3n) is 7.26. The lowest BCUT2D eigenvalue weighted by Gasteiger charge is -2.39. The predicted octanol–water partition coefficient (Wildman–Crippen LogP) is 3.70. The molecular weight excluding hydrogens is 509 g/mol. The number of hydrogen-bond acceptors (Lipinski definition) is 6. The summed E-state index contributed by atoms with van der Waals surface area (Å²) in [6.07, 6.45) is 6.03. The Kier molecular flexibility index (Phi) is 8.27. The Labute approximate surface area is 222 Å². The lowest BCUT2D eigenvalue weighted by atomic mass is 9.70. The van der Waals surface area contributed by atoms with Gasteiger partial charge in [0.2, 0.25) is 0 Å². The molecule has 0 unspecified atom stereocenters. The number of nitrogens with one attached hydrogen (secondary N) is 1. The summed E-state index contributed by atoms with van der Waals surface area (Å²) in [6.45, 7) is 3.65. The van der Waals surface area contributed by atoms with Gasteiger partial charge in [-0.3, -0.25) is 9.78 Å². The van der Waals surface area contributed by atoms with Crippen LogP contribution in [0.3, 0.4) is 0 Å². The second-order valence-electron chi connectivity index (χ2n) is 9.73. The average molecular weight is 539 g/mol. The van der Waals surface area contributed by atoms with E-state index in [9.17, 15) is 22.0 Å². The van der Waals surface area contributed by atoms with E-state index in [1.807, 2.05) is 6.92 Å². The minimum Gasteiger partial charge on any atom is -0.326 e. The van der Waals surface area contributed by atoms with Gasteiger partial charge in [-0.15, -0.1) is 0 Å². The van der Waals surface area contributed by atoms with E-state index in [2.05, 4.69) is 15.3 Å². The Hall–Kier alpha value is -3.18. The number of sulfone groups is 1. The zero-order valence-corrected chi connectivity index (χ0v) is 22.3. The first-order valence-electron chi connectivity index (χ1n) is 12.5. The molecule has 1 saturated carbocycles. The number of carbonyl (C=O) groups excluding carboxylic acids is 1. The highest BCUT2D eigenvalue weighted by Gasteiger charge is 2.41. The number of nitrogens with two attached hydrogens (primary N) is 1. The monoisotopic (exact) mass is 539 g/mol. The molecule has 11 heteroatoms. The van der Waals surface area contributed by atoms with Crippen molar-refractivity contribution in [2.24, 2.45) is 11.7 Å². The molecule has 4 atom stereocenters. The van der Waals surface area contributed by atoms with Crippen LogP contribution in [0.1, 0.15) is 48.2 Å². The molecule has 1 amide bonds. The molecule has 1 radical (unpaired) electrons. The molecule has 7 nitrogen and oxygen atoms in total. The number of rotatable bonds is 7. The van der Waals surface area contributed by atoms with E-state index in [1.54, 1.807) is 32.4 Å². The van der Waals surface area contributed by atoms with E-state index in [1.165, 1.54) is 30.7 Å². The van der Waals surface area contributed by atoms with Gasteiger partial charge in [-0.05, 0) is 54.5 Å². The van der Waals surface area contributed by atoms with Gasteiger partial charge in [0.1, 0.15) is 30.3 Å². The van der Waals surface area contributed by atoms with Crippen molar-refractivity contribution in [3.05, 3.63) is 71.7 Å². The second-order valence-corrected chi connectivity index (χ2v) is 11.9. The van der Waals surface area contributed by atoms with Crippen molar-refractivity contribution in [3.63, 3.8) is 0 Å². The number of halogens is 2. The molecule has 0 spiro atoms. The topological polar surface area (TPSA) is 115 Å². The van der Waals surface area contributed by atoms with Crippen molar-refractivity contribution in [2.45, 2.75) is 50.2 Å². The first-order chi connectivity index (χ1) is 18.0. The highest BCUT2D eigenvalue weighted by Crippen LogP contribution is 2.42. The number of anilines is 1. The van der Waals surface area contributed by atoms with Crippen LogP contribution in [0.2, 0.25) is 6.82 Å². The molecule has 4 rings (SSSR count). The fourth-order valence-corrected chi connectivity index (χ4v) is 7.30. The van der Waals surface area contributed by atoms with Gasteiger partial charge in [0.25, 0.3) is 5.91 Å². The Balaban J connectivity index is 1.64. The predicted molar refractivity (Wildman–Crippen MR) is 145 cm³/mol. The molecule has 1 aliphatic carbocycles. The van der Waals surface area contributed by atoms with Gasteiger partial charge in [0.05, 0.1) is 17.1 Å². The molecule has 199 valence electrons. The molecule has 0 saturated heterocycles. The summed E-state index contributed by atoms with van der Waals surface area (Å²) in [5.41, 5.74) is 7.66. The van der Waals surface area contributed by atoms with E-state index in [0.717, 1.165) is 11.6 Å². The lowest BCUT2D eigenvalue weighted by Crippen LogP contribution is -2.49.